The molecule has 0 aromatic heterocycles. The van der Waals surface area contributed by atoms with Crippen LogP contribution in [0.2, 0.25) is 0 Å². The van der Waals surface area contributed by atoms with Crippen LogP contribution in [0, 0.1) is 11.7 Å². The molecule has 1 unspecified atom stereocenters. The molecule has 1 aliphatic heterocycles. The molecule has 1 fully saturated rings. The van der Waals surface area contributed by atoms with E-state index >= 15 is 0 Å². The van der Waals surface area contributed by atoms with Crippen molar-refractivity contribution in [1.82, 2.24) is 0 Å². The minimum Gasteiger partial charge on any atom is -0.508 e. The molecular formula is C30H27FNO6P. The number of hydrogen-bond donors (Lipinski definition) is 4. The first-order chi connectivity index (χ1) is 18.6. The van der Waals surface area contributed by atoms with Gasteiger partial charge < -0.3 is 24.9 Å². The topological polar surface area (TPSA) is 118 Å². The molecule has 1 saturated heterocycles. The average molecular weight is 548 g/mol. The lowest BCUT2D eigenvalue weighted by atomic mass is 9.77. The number of anilines is 1. The fourth-order valence-corrected chi connectivity index (χ4v) is 5.68. The minimum absolute atomic E-state index is 0.0587. The second kappa shape index (κ2) is 10.8. The molecule has 200 valence electrons. The van der Waals surface area contributed by atoms with Gasteiger partial charge in [-0.15, -0.1) is 0 Å². The number of phenols is 1. The lowest BCUT2D eigenvalue weighted by Gasteiger charge is -2.48. The summed E-state index contributed by atoms with van der Waals surface area (Å²) >= 11 is 0. The molecule has 4 N–H and O–H groups in total. The Morgan fingerprint density at radius 3 is 2.23 bits per heavy atom. The number of β-lactam (4-membered cyclic amide) rings is 1. The molecule has 1 aliphatic rings. The number of halogens is 1. The van der Waals surface area contributed by atoms with E-state index < -0.39 is 31.5 Å². The second-order valence-corrected chi connectivity index (χ2v) is 11.2. The molecule has 7 nitrogen and oxygen atoms in total. The van der Waals surface area contributed by atoms with Crippen LogP contribution in [0.1, 0.15) is 36.1 Å². The highest BCUT2D eigenvalue weighted by molar-refractivity contribution is 7.60. The molecule has 0 radical (unpaired) electrons. The van der Waals surface area contributed by atoms with Gasteiger partial charge in [0, 0.05) is 11.3 Å². The third kappa shape index (κ3) is 5.51. The quantitative estimate of drug-likeness (QED) is 0.178. The average Bonchev–Trinajstić information content (AvgIpc) is 2.92. The van der Waals surface area contributed by atoms with E-state index in [0.717, 1.165) is 0 Å². The number of benzene rings is 4. The van der Waals surface area contributed by atoms with E-state index in [1.54, 1.807) is 29.2 Å². The first kappa shape index (κ1) is 26.8. The standard InChI is InChI=1S/C30H27FNO6P/c31-22-12-9-19(10-13-22)27(33)16-15-26-29(32(30(26)35)23-6-2-1-3-7-23)25-14-11-21(18-28(25)34)20-5-4-8-24(17-20)39(36,37)38/h1-14,17-18,26-27,29,33-34H,15-16H2,(H2,36,37,38)/t26-,27?,29-/m1/s1. The van der Waals surface area contributed by atoms with Gasteiger partial charge in [-0.1, -0.05) is 54.6 Å². The van der Waals surface area contributed by atoms with Crippen molar-refractivity contribution < 1.29 is 33.7 Å². The van der Waals surface area contributed by atoms with Crippen LogP contribution in [0.3, 0.4) is 0 Å². The highest BCUT2D eigenvalue weighted by Gasteiger charge is 2.49. The molecule has 1 heterocycles. The molecule has 4 aromatic carbocycles. The van der Waals surface area contributed by atoms with Crippen LogP contribution in [0.25, 0.3) is 11.1 Å². The van der Waals surface area contributed by atoms with Crippen molar-refractivity contribution in [3.63, 3.8) is 0 Å². The Morgan fingerprint density at radius 1 is 0.872 bits per heavy atom. The maximum atomic E-state index is 13.3. The van der Waals surface area contributed by atoms with Gasteiger partial charge in [0.2, 0.25) is 5.91 Å². The zero-order chi connectivity index (χ0) is 27.7. The number of amides is 1. The molecule has 0 aliphatic carbocycles. The maximum absolute atomic E-state index is 13.3. The van der Waals surface area contributed by atoms with Crippen molar-refractivity contribution in [1.29, 1.82) is 0 Å². The summed E-state index contributed by atoms with van der Waals surface area (Å²) in [7, 11) is -4.44. The first-order valence-corrected chi connectivity index (χ1v) is 14.1. The molecule has 0 saturated carbocycles. The Bertz CT molecular complexity index is 1540. The van der Waals surface area contributed by atoms with Crippen molar-refractivity contribution in [2.24, 2.45) is 5.92 Å². The summed E-state index contributed by atoms with van der Waals surface area (Å²) in [6.07, 6.45) is -0.256. The predicted octanol–water partition coefficient (Wildman–Crippen LogP) is 5.22. The summed E-state index contributed by atoms with van der Waals surface area (Å²) in [4.78, 5) is 34.0. The Kier molecular flexibility index (Phi) is 7.38. The van der Waals surface area contributed by atoms with Crippen molar-refractivity contribution in [2.45, 2.75) is 25.0 Å². The number of para-hydroxylation sites is 1. The van der Waals surface area contributed by atoms with Crippen molar-refractivity contribution >= 4 is 24.5 Å². The highest BCUT2D eigenvalue weighted by Crippen LogP contribution is 2.49. The number of carbonyl (C=O) groups excluding carboxylic acids is 1. The fraction of sp³-hybridized carbons (Fsp3) is 0.167. The molecule has 0 spiro atoms. The monoisotopic (exact) mass is 547 g/mol. The van der Waals surface area contributed by atoms with Gasteiger partial charge in [0.1, 0.15) is 11.6 Å². The Labute approximate surface area is 225 Å². The number of carbonyl (C=O) groups is 1. The smallest absolute Gasteiger partial charge is 0.356 e. The number of aromatic hydroxyl groups is 1. The van der Waals surface area contributed by atoms with Crippen LogP contribution in [0.4, 0.5) is 10.1 Å². The Balaban J connectivity index is 1.44. The largest absolute Gasteiger partial charge is 0.508 e. The molecule has 3 atom stereocenters. The third-order valence-corrected chi connectivity index (χ3v) is 8.07. The maximum Gasteiger partial charge on any atom is 0.356 e. The molecule has 1 amide bonds. The zero-order valence-electron chi connectivity index (χ0n) is 20.8. The SMILES string of the molecule is O=C1[C@H](CCC(O)c2ccc(F)cc2)[C@@H](c2ccc(-c3cccc(P(=O)(O)O)c3)cc2O)N1c1ccccc1. The number of aliphatic hydroxyl groups is 1. The van der Waals surface area contributed by atoms with Gasteiger partial charge >= 0.3 is 7.60 Å². The lowest BCUT2D eigenvalue weighted by Crippen LogP contribution is -2.55. The van der Waals surface area contributed by atoms with Gasteiger partial charge in [0.15, 0.2) is 0 Å². The Morgan fingerprint density at radius 2 is 1.56 bits per heavy atom. The normalized spacial score (nSPS) is 18.1. The molecule has 9 heteroatoms. The summed E-state index contributed by atoms with van der Waals surface area (Å²) in [5, 5.41) is 21.6. The predicted molar refractivity (Wildman–Crippen MR) is 146 cm³/mol. The molecule has 39 heavy (non-hydrogen) atoms. The van der Waals surface area contributed by atoms with E-state index in [4.69, 9.17) is 0 Å². The van der Waals surface area contributed by atoms with E-state index in [2.05, 4.69) is 0 Å². The molecule has 5 rings (SSSR count). The van der Waals surface area contributed by atoms with E-state index in [0.29, 0.717) is 34.4 Å². The summed E-state index contributed by atoms with van der Waals surface area (Å²) < 4.78 is 25.0. The van der Waals surface area contributed by atoms with Gasteiger partial charge in [0.25, 0.3) is 0 Å². The van der Waals surface area contributed by atoms with Gasteiger partial charge in [-0.25, -0.2) is 4.39 Å². The minimum atomic E-state index is -4.44. The van der Waals surface area contributed by atoms with E-state index in [9.17, 15) is 33.7 Å². The molecular weight excluding hydrogens is 520 g/mol. The van der Waals surface area contributed by atoms with E-state index in [-0.39, 0.29) is 23.4 Å². The number of phenolic OH excluding ortho intramolecular Hbond substituents is 1. The number of hydrogen-bond acceptors (Lipinski definition) is 4. The van der Waals surface area contributed by atoms with Crippen LogP contribution in [-0.2, 0) is 9.36 Å². The fourth-order valence-electron chi connectivity index (χ4n) is 5.09. The highest BCUT2D eigenvalue weighted by atomic mass is 31.2. The van der Waals surface area contributed by atoms with Gasteiger partial charge in [-0.3, -0.25) is 9.36 Å². The van der Waals surface area contributed by atoms with Crippen LogP contribution in [-0.4, -0.2) is 25.9 Å². The van der Waals surface area contributed by atoms with Crippen molar-refractivity contribution in [3.05, 3.63) is 114 Å². The van der Waals surface area contributed by atoms with Crippen LogP contribution in [0.5, 0.6) is 5.75 Å². The zero-order valence-corrected chi connectivity index (χ0v) is 21.7. The van der Waals surface area contributed by atoms with E-state index in [1.165, 1.54) is 42.5 Å². The van der Waals surface area contributed by atoms with Crippen LogP contribution < -0.4 is 10.2 Å². The Hall–Kier alpha value is -3.81. The summed E-state index contributed by atoms with van der Waals surface area (Å²) in [5.41, 5.74) is 2.85. The lowest BCUT2D eigenvalue weighted by molar-refractivity contribution is -0.131. The summed E-state index contributed by atoms with van der Waals surface area (Å²) in [6.45, 7) is 0. The van der Waals surface area contributed by atoms with Gasteiger partial charge in [0.05, 0.1) is 23.4 Å². The van der Waals surface area contributed by atoms with Gasteiger partial charge in [-0.05, 0) is 72.0 Å². The first-order valence-electron chi connectivity index (χ1n) is 12.4. The van der Waals surface area contributed by atoms with Crippen LogP contribution >= 0.6 is 7.60 Å². The van der Waals surface area contributed by atoms with Gasteiger partial charge in [-0.2, -0.15) is 0 Å². The third-order valence-electron chi connectivity index (χ3n) is 7.12. The molecule has 4 aromatic rings. The number of rotatable bonds is 8. The number of aliphatic hydroxyl groups excluding tert-OH is 1. The van der Waals surface area contributed by atoms with Crippen molar-refractivity contribution in [3.8, 4) is 16.9 Å². The van der Waals surface area contributed by atoms with Crippen molar-refractivity contribution in [2.75, 3.05) is 4.90 Å². The summed E-state index contributed by atoms with van der Waals surface area (Å²) in [5.74, 6) is -1.09. The number of nitrogens with zero attached hydrogens (tertiary/aromatic N) is 1. The van der Waals surface area contributed by atoms with Crippen LogP contribution in [0.15, 0.2) is 97.1 Å². The second-order valence-electron chi connectivity index (χ2n) is 9.61. The van der Waals surface area contributed by atoms with E-state index in [1.807, 2.05) is 30.3 Å². The summed E-state index contributed by atoms with van der Waals surface area (Å²) in [6, 6.07) is 25.2. The molecule has 0 bridgehead atoms.